The Labute approximate surface area is 88.0 Å². The molecule has 0 radical (unpaired) electrons. The summed E-state index contributed by atoms with van der Waals surface area (Å²) in [4.78, 5) is 15.7. The van der Waals surface area contributed by atoms with Gasteiger partial charge in [-0.05, 0) is 25.7 Å². The van der Waals surface area contributed by atoms with Crippen molar-refractivity contribution in [2.45, 2.75) is 44.1 Å². The van der Waals surface area contributed by atoms with Crippen LogP contribution in [0.1, 0.15) is 38.5 Å². The molecule has 1 heterocycles. The Bertz CT molecular complexity index is 281. The fourth-order valence-electron chi connectivity index (χ4n) is 2.17. The normalized spacial score (nSPS) is 23.3. The van der Waals surface area contributed by atoms with Crippen LogP contribution in [-0.4, -0.2) is 29.2 Å². The van der Waals surface area contributed by atoms with Gasteiger partial charge in [0.2, 0.25) is 5.90 Å². The zero-order valence-electron chi connectivity index (χ0n) is 8.57. The van der Waals surface area contributed by atoms with E-state index in [4.69, 9.17) is 14.7 Å². The van der Waals surface area contributed by atoms with Crippen molar-refractivity contribution in [3.63, 3.8) is 0 Å². The molecule has 0 amide bonds. The van der Waals surface area contributed by atoms with E-state index in [9.17, 15) is 4.79 Å². The molecule has 0 atom stereocenters. The van der Waals surface area contributed by atoms with Crippen LogP contribution in [0.3, 0.4) is 0 Å². The van der Waals surface area contributed by atoms with Gasteiger partial charge in [-0.1, -0.05) is 11.6 Å². The topological polar surface area (TPSA) is 68.1 Å². The minimum Gasteiger partial charge on any atom is -0.479 e. The molecule has 0 saturated heterocycles. The van der Waals surface area contributed by atoms with Crippen LogP contribution >= 0.6 is 0 Å². The van der Waals surface area contributed by atoms with E-state index in [2.05, 4.69) is 5.16 Å². The number of rotatable bonds is 2. The minimum absolute atomic E-state index is 0.188. The molecule has 0 aromatic carbocycles. The van der Waals surface area contributed by atoms with Crippen LogP contribution in [0.5, 0.6) is 0 Å². The lowest BCUT2D eigenvalue weighted by atomic mass is 9.83. The fourth-order valence-corrected chi connectivity index (χ4v) is 2.17. The van der Waals surface area contributed by atoms with Gasteiger partial charge in [-0.2, -0.15) is 0 Å². The number of ether oxygens (including phenoxy) is 1. The third-order valence-electron chi connectivity index (χ3n) is 2.94. The molecule has 15 heavy (non-hydrogen) atoms. The van der Waals surface area contributed by atoms with E-state index in [-0.39, 0.29) is 12.2 Å². The predicted molar refractivity (Wildman–Crippen MR) is 52.5 cm³/mol. The molecule has 1 saturated carbocycles. The first-order valence-electron chi connectivity index (χ1n) is 5.30. The van der Waals surface area contributed by atoms with Gasteiger partial charge in [0.15, 0.2) is 6.61 Å². The third kappa shape index (κ3) is 2.40. The second-order valence-electron chi connectivity index (χ2n) is 4.18. The number of carboxylic acid groups (broad SMARTS) is 1. The van der Waals surface area contributed by atoms with E-state index in [0.717, 1.165) is 25.7 Å². The van der Waals surface area contributed by atoms with Gasteiger partial charge in [0, 0.05) is 0 Å². The molecule has 0 aromatic rings. The summed E-state index contributed by atoms with van der Waals surface area (Å²) in [7, 11) is 0. The summed E-state index contributed by atoms with van der Waals surface area (Å²) in [6, 6.07) is 0. The van der Waals surface area contributed by atoms with E-state index >= 15 is 0 Å². The second-order valence-corrected chi connectivity index (χ2v) is 4.18. The lowest BCUT2D eigenvalue weighted by Crippen LogP contribution is -2.32. The highest BCUT2D eigenvalue weighted by atomic mass is 16.7. The van der Waals surface area contributed by atoms with E-state index in [1.54, 1.807) is 0 Å². The summed E-state index contributed by atoms with van der Waals surface area (Å²) in [5, 5.41) is 12.3. The molecule has 0 aromatic heterocycles. The van der Waals surface area contributed by atoms with Crippen molar-refractivity contribution in [1.82, 2.24) is 0 Å². The van der Waals surface area contributed by atoms with Crippen molar-refractivity contribution in [2.75, 3.05) is 6.61 Å². The van der Waals surface area contributed by atoms with Crippen LogP contribution in [-0.2, 0) is 14.4 Å². The summed E-state index contributed by atoms with van der Waals surface area (Å²) in [6.07, 6.45) is 6.17. The molecule has 84 valence electrons. The van der Waals surface area contributed by atoms with E-state index < -0.39 is 5.97 Å². The largest absolute Gasteiger partial charge is 0.479 e. The minimum atomic E-state index is -0.984. The number of aliphatic carboxylic acids is 1. The molecular weight excluding hydrogens is 198 g/mol. The van der Waals surface area contributed by atoms with Crippen molar-refractivity contribution in [1.29, 1.82) is 0 Å². The highest BCUT2D eigenvalue weighted by molar-refractivity contribution is 5.80. The molecule has 1 aliphatic carbocycles. The summed E-state index contributed by atoms with van der Waals surface area (Å²) < 4.78 is 5.02. The van der Waals surface area contributed by atoms with Crippen LogP contribution in [0.2, 0.25) is 0 Å². The van der Waals surface area contributed by atoms with Gasteiger partial charge in [-0.3, -0.25) is 0 Å². The quantitative estimate of drug-likeness (QED) is 0.755. The van der Waals surface area contributed by atoms with Crippen LogP contribution in [0.25, 0.3) is 0 Å². The lowest BCUT2D eigenvalue weighted by molar-refractivity contribution is -0.139. The molecular formula is C10H15NO4. The summed E-state index contributed by atoms with van der Waals surface area (Å²) in [5.74, 6) is -0.554. The smallest absolute Gasteiger partial charge is 0.341 e. The van der Waals surface area contributed by atoms with Gasteiger partial charge in [0.05, 0.1) is 6.42 Å². The number of hydrogen-bond acceptors (Lipinski definition) is 4. The Morgan fingerprint density at radius 1 is 1.47 bits per heavy atom. The highest BCUT2D eigenvalue weighted by Gasteiger charge is 2.41. The maximum absolute atomic E-state index is 10.3. The average molecular weight is 213 g/mol. The van der Waals surface area contributed by atoms with E-state index in [1.807, 2.05) is 0 Å². The van der Waals surface area contributed by atoms with Crippen LogP contribution in [0, 0.1) is 0 Å². The van der Waals surface area contributed by atoms with Crippen molar-refractivity contribution in [3.8, 4) is 0 Å². The molecule has 0 bridgehead atoms. The first-order valence-corrected chi connectivity index (χ1v) is 5.30. The summed E-state index contributed by atoms with van der Waals surface area (Å²) in [6.45, 7) is -0.335. The van der Waals surface area contributed by atoms with Crippen molar-refractivity contribution >= 4 is 11.9 Å². The second kappa shape index (κ2) is 4.08. The fraction of sp³-hybridized carbons (Fsp3) is 0.800. The monoisotopic (exact) mass is 213 g/mol. The standard InChI is InChI=1S/C10H15NO4/c12-9(13)7-14-8-6-10(15-11-8)4-2-1-3-5-10/h1-7H2,(H,12,13). The van der Waals surface area contributed by atoms with Crippen LogP contribution in [0.4, 0.5) is 0 Å². The average Bonchev–Trinajstić information content (AvgIpc) is 2.60. The van der Waals surface area contributed by atoms with E-state index in [1.165, 1.54) is 6.42 Å². The van der Waals surface area contributed by atoms with E-state index in [0.29, 0.717) is 12.3 Å². The summed E-state index contributed by atoms with van der Waals surface area (Å²) in [5.41, 5.74) is -0.188. The molecule has 5 heteroatoms. The Morgan fingerprint density at radius 2 is 2.20 bits per heavy atom. The van der Waals surface area contributed by atoms with Crippen molar-refractivity contribution in [2.24, 2.45) is 5.16 Å². The number of carboxylic acids is 1. The summed E-state index contributed by atoms with van der Waals surface area (Å²) >= 11 is 0. The Kier molecular flexibility index (Phi) is 2.79. The molecule has 2 rings (SSSR count). The number of carbonyl (C=O) groups is 1. The van der Waals surface area contributed by atoms with Crippen LogP contribution < -0.4 is 0 Å². The maximum atomic E-state index is 10.3. The van der Waals surface area contributed by atoms with Crippen LogP contribution in [0.15, 0.2) is 5.16 Å². The van der Waals surface area contributed by atoms with Gasteiger partial charge in [-0.15, -0.1) is 0 Å². The maximum Gasteiger partial charge on any atom is 0.341 e. The van der Waals surface area contributed by atoms with Gasteiger partial charge < -0.3 is 14.7 Å². The van der Waals surface area contributed by atoms with Crippen molar-refractivity contribution in [3.05, 3.63) is 0 Å². The predicted octanol–water partition coefficient (Wildman–Crippen LogP) is 1.52. The number of oxime groups is 1. The zero-order chi connectivity index (χ0) is 10.7. The molecule has 1 N–H and O–H groups in total. The third-order valence-corrected chi connectivity index (χ3v) is 2.94. The van der Waals surface area contributed by atoms with Gasteiger partial charge in [0.1, 0.15) is 5.60 Å². The first-order chi connectivity index (χ1) is 7.20. The Hall–Kier alpha value is -1.26. The highest BCUT2D eigenvalue weighted by Crippen LogP contribution is 2.38. The number of hydrogen-bond donors (Lipinski definition) is 1. The Balaban J connectivity index is 1.83. The molecule has 1 aliphatic heterocycles. The molecule has 1 spiro atoms. The SMILES string of the molecule is O=C(O)COC1=NOC2(CCCCC2)C1. The van der Waals surface area contributed by atoms with Gasteiger partial charge in [0.25, 0.3) is 0 Å². The molecule has 2 aliphatic rings. The zero-order valence-corrected chi connectivity index (χ0v) is 8.57. The Morgan fingerprint density at radius 3 is 2.87 bits per heavy atom. The molecule has 5 nitrogen and oxygen atoms in total. The molecule has 0 unspecified atom stereocenters. The van der Waals surface area contributed by atoms with Crippen molar-refractivity contribution < 1.29 is 19.5 Å². The van der Waals surface area contributed by atoms with Gasteiger partial charge >= 0.3 is 5.97 Å². The van der Waals surface area contributed by atoms with Gasteiger partial charge in [-0.25, -0.2) is 4.79 Å². The first kappa shape index (κ1) is 10.3. The lowest BCUT2D eigenvalue weighted by Gasteiger charge is -2.29. The number of nitrogens with zero attached hydrogens (tertiary/aromatic N) is 1. The molecule has 1 fully saturated rings.